The smallest absolute Gasteiger partial charge is 0.180 e. The maximum Gasteiger partial charge on any atom is 0.180 e. The highest BCUT2D eigenvalue weighted by Crippen LogP contribution is 2.21. The van der Waals surface area contributed by atoms with E-state index in [4.69, 9.17) is 5.73 Å². The van der Waals surface area contributed by atoms with Crippen LogP contribution in [-0.2, 0) is 13.5 Å². The second-order valence-corrected chi connectivity index (χ2v) is 4.52. The van der Waals surface area contributed by atoms with Crippen LogP contribution in [0.25, 0.3) is 11.5 Å². The first kappa shape index (κ1) is 11.3. The van der Waals surface area contributed by atoms with Crippen LogP contribution < -0.4 is 5.73 Å². The van der Waals surface area contributed by atoms with Gasteiger partial charge in [0.1, 0.15) is 11.5 Å². The van der Waals surface area contributed by atoms with E-state index in [9.17, 15) is 0 Å². The van der Waals surface area contributed by atoms with Crippen molar-refractivity contribution in [3.63, 3.8) is 0 Å². The van der Waals surface area contributed by atoms with Gasteiger partial charge >= 0.3 is 0 Å². The lowest BCUT2D eigenvalue weighted by Gasteiger charge is -2.07. The normalized spacial score (nSPS) is 10.7. The molecule has 0 aromatic carbocycles. The van der Waals surface area contributed by atoms with Crippen molar-refractivity contribution >= 4 is 28.4 Å². The third kappa shape index (κ3) is 1.89. The number of aromatic nitrogens is 4. The van der Waals surface area contributed by atoms with Gasteiger partial charge in [-0.1, -0.05) is 6.92 Å². The van der Waals surface area contributed by atoms with Gasteiger partial charge in [-0.15, -0.1) is 0 Å². The molecule has 0 aliphatic carbocycles. The van der Waals surface area contributed by atoms with Crippen LogP contribution in [-0.4, -0.2) is 19.5 Å². The lowest BCUT2D eigenvalue weighted by atomic mass is 10.3. The molecule has 0 aliphatic rings. The summed E-state index contributed by atoms with van der Waals surface area (Å²) in [5.74, 6) is 1.17. The minimum atomic E-state index is 0.531. The van der Waals surface area contributed by atoms with Crippen molar-refractivity contribution in [1.82, 2.24) is 19.5 Å². The van der Waals surface area contributed by atoms with Crippen molar-refractivity contribution in [2.45, 2.75) is 13.3 Å². The third-order valence-corrected chi connectivity index (χ3v) is 3.50. The first-order valence-electron chi connectivity index (χ1n) is 4.92. The highest BCUT2D eigenvalue weighted by Gasteiger charge is 2.12. The molecule has 5 nitrogen and oxygen atoms in total. The van der Waals surface area contributed by atoms with Crippen molar-refractivity contribution in [2.75, 3.05) is 5.73 Å². The van der Waals surface area contributed by atoms with Gasteiger partial charge in [-0.25, -0.2) is 15.0 Å². The Labute approximate surface area is 107 Å². The molecule has 2 aromatic heterocycles. The zero-order valence-corrected chi connectivity index (χ0v) is 11.3. The number of imidazole rings is 1. The standard InChI is InChI=1S/C10H12IN5/c1-3-6-8(11)9(12)15-10(14-6)7-4-13-5-16(7)2/h4-5H,3H2,1-2H3,(H2,12,14,15). The van der Waals surface area contributed by atoms with Gasteiger partial charge in [0.2, 0.25) is 0 Å². The van der Waals surface area contributed by atoms with Gasteiger partial charge in [0.05, 0.1) is 21.8 Å². The number of aryl methyl sites for hydroxylation is 2. The summed E-state index contributed by atoms with van der Waals surface area (Å²) >= 11 is 2.18. The predicted molar refractivity (Wildman–Crippen MR) is 70.7 cm³/mol. The van der Waals surface area contributed by atoms with Gasteiger partial charge in [0, 0.05) is 7.05 Å². The van der Waals surface area contributed by atoms with Crippen LogP contribution in [0.4, 0.5) is 5.82 Å². The molecule has 0 bridgehead atoms. The van der Waals surface area contributed by atoms with Crippen LogP contribution in [0.1, 0.15) is 12.6 Å². The number of nitrogens with two attached hydrogens (primary N) is 1. The van der Waals surface area contributed by atoms with Crippen molar-refractivity contribution in [3.05, 3.63) is 21.8 Å². The van der Waals surface area contributed by atoms with Crippen molar-refractivity contribution < 1.29 is 0 Å². The van der Waals surface area contributed by atoms with Crippen molar-refractivity contribution in [3.8, 4) is 11.5 Å². The second-order valence-electron chi connectivity index (χ2n) is 3.44. The molecule has 2 heterocycles. The first-order chi connectivity index (χ1) is 7.63. The number of anilines is 1. The average molecular weight is 329 g/mol. The summed E-state index contributed by atoms with van der Waals surface area (Å²) in [5, 5.41) is 0. The summed E-state index contributed by atoms with van der Waals surface area (Å²) in [6.45, 7) is 2.05. The van der Waals surface area contributed by atoms with Gasteiger partial charge in [-0.05, 0) is 29.0 Å². The molecule has 0 spiro atoms. The highest BCUT2D eigenvalue weighted by molar-refractivity contribution is 14.1. The van der Waals surface area contributed by atoms with E-state index in [1.807, 2.05) is 11.6 Å². The second kappa shape index (κ2) is 4.36. The minimum absolute atomic E-state index is 0.531. The molecule has 0 amide bonds. The molecule has 0 radical (unpaired) electrons. The molecule has 16 heavy (non-hydrogen) atoms. The molecular weight excluding hydrogens is 317 g/mol. The summed E-state index contributed by atoms with van der Waals surface area (Å²) in [5.41, 5.74) is 7.71. The molecule has 6 heteroatoms. The van der Waals surface area contributed by atoms with E-state index in [1.54, 1.807) is 12.5 Å². The Kier molecular flexibility index (Phi) is 3.08. The van der Waals surface area contributed by atoms with Gasteiger partial charge < -0.3 is 10.3 Å². The van der Waals surface area contributed by atoms with E-state index in [-0.39, 0.29) is 0 Å². The fourth-order valence-electron chi connectivity index (χ4n) is 1.43. The number of rotatable bonds is 2. The Bertz CT molecular complexity index is 520. The number of hydrogen-bond acceptors (Lipinski definition) is 4. The number of nitrogens with zero attached hydrogens (tertiary/aromatic N) is 4. The molecule has 0 saturated heterocycles. The molecule has 0 saturated carbocycles. The Morgan fingerprint density at radius 1 is 1.44 bits per heavy atom. The Balaban J connectivity index is 2.59. The zero-order valence-electron chi connectivity index (χ0n) is 9.11. The van der Waals surface area contributed by atoms with E-state index in [0.29, 0.717) is 11.6 Å². The SMILES string of the molecule is CCc1nc(-c2cncn2C)nc(N)c1I. The van der Waals surface area contributed by atoms with Crippen LogP contribution in [0.5, 0.6) is 0 Å². The van der Waals surface area contributed by atoms with Crippen LogP contribution in [0.15, 0.2) is 12.5 Å². The average Bonchev–Trinajstić information content (AvgIpc) is 2.68. The van der Waals surface area contributed by atoms with Crippen LogP contribution in [0, 0.1) is 3.57 Å². The molecule has 0 fully saturated rings. The van der Waals surface area contributed by atoms with Gasteiger partial charge in [-0.3, -0.25) is 0 Å². The maximum atomic E-state index is 5.86. The molecule has 0 atom stereocenters. The summed E-state index contributed by atoms with van der Waals surface area (Å²) in [4.78, 5) is 12.8. The van der Waals surface area contributed by atoms with Crippen LogP contribution in [0.3, 0.4) is 0 Å². The summed E-state index contributed by atoms with van der Waals surface area (Å²) in [6.07, 6.45) is 4.30. The summed E-state index contributed by atoms with van der Waals surface area (Å²) in [7, 11) is 1.91. The zero-order chi connectivity index (χ0) is 11.7. The first-order valence-corrected chi connectivity index (χ1v) is 6.00. The largest absolute Gasteiger partial charge is 0.383 e. The molecule has 84 valence electrons. The Morgan fingerprint density at radius 2 is 2.19 bits per heavy atom. The fourth-order valence-corrected chi connectivity index (χ4v) is 2.06. The number of nitrogen functional groups attached to an aromatic ring is 1. The van der Waals surface area contributed by atoms with Crippen molar-refractivity contribution in [1.29, 1.82) is 0 Å². The Hall–Kier alpha value is -1.18. The quantitative estimate of drug-likeness (QED) is 0.850. The summed E-state index contributed by atoms with van der Waals surface area (Å²) in [6, 6.07) is 0. The van der Waals surface area contributed by atoms with E-state index < -0.39 is 0 Å². The minimum Gasteiger partial charge on any atom is -0.383 e. The summed E-state index contributed by atoms with van der Waals surface area (Å²) < 4.78 is 2.81. The van der Waals surface area contributed by atoms with E-state index in [1.165, 1.54) is 0 Å². The van der Waals surface area contributed by atoms with Gasteiger partial charge in [0.25, 0.3) is 0 Å². The van der Waals surface area contributed by atoms with Gasteiger partial charge in [-0.2, -0.15) is 0 Å². The van der Waals surface area contributed by atoms with Gasteiger partial charge in [0.15, 0.2) is 5.82 Å². The molecule has 2 N–H and O–H groups in total. The van der Waals surface area contributed by atoms with Crippen LogP contribution in [0.2, 0.25) is 0 Å². The third-order valence-electron chi connectivity index (χ3n) is 2.33. The topological polar surface area (TPSA) is 69.6 Å². The van der Waals surface area contributed by atoms with E-state index in [0.717, 1.165) is 21.4 Å². The monoisotopic (exact) mass is 329 g/mol. The predicted octanol–water partition coefficient (Wildman–Crippen LogP) is 1.63. The molecule has 2 aromatic rings. The molecule has 0 aliphatic heterocycles. The molecular formula is C10H12IN5. The highest BCUT2D eigenvalue weighted by atomic mass is 127. The maximum absolute atomic E-state index is 5.86. The van der Waals surface area contributed by atoms with E-state index >= 15 is 0 Å². The molecule has 0 unspecified atom stereocenters. The molecule has 2 rings (SSSR count). The Morgan fingerprint density at radius 3 is 2.75 bits per heavy atom. The number of halogens is 1. The lowest BCUT2D eigenvalue weighted by molar-refractivity contribution is 0.899. The van der Waals surface area contributed by atoms with Crippen molar-refractivity contribution in [2.24, 2.45) is 7.05 Å². The number of hydrogen-bond donors (Lipinski definition) is 1. The van der Waals surface area contributed by atoms with Crippen LogP contribution >= 0.6 is 22.6 Å². The fraction of sp³-hybridized carbons (Fsp3) is 0.300. The van der Waals surface area contributed by atoms with E-state index in [2.05, 4.69) is 44.5 Å². The lowest BCUT2D eigenvalue weighted by Crippen LogP contribution is -2.05.